The zero-order valence-electron chi connectivity index (χ0n) is 7.84. The Morgan fingerprint density at radius 2 is 1.93 bits per heavy atom. The number of hydrogen-bond donors (Lipinski definition) is 0. The van der Waals surface area contributed by atoms with Crippen molar-refractivity contribution in [2.75, 3.05) is 6.67 Å². The van der Waals surface area contributed by atoms with Gasteiger partial charge in [-0.1, -0.05) is 0 Å². The van der Waals surface area contributed by atoms with Gasteiger partial charge in [-0.3, -0.25) is 14.4 Å². The van der Waals surface area contributed by atoms with Gasteiger partial charge >= 0.3 is 11.9 Å². The average Bonchev–Trinajstić information content (AvgIpc) is 2.82. The third-order valence-corrected chi connectivity index (χ3v) is 2.14. The van der Waals surface area contributed by atoms with E-state index in [1.807, 2.05) is 0 Å². The molecule has 0 unspecified atom stereocenters. The number of esters is 2. The molecule has 1 fully saturated rings. The highest BCUT2D eigenvalue weighted by molar-refractivity contribution is 5.99. The quantitative estimate of drug-likeness (QED) is 0.499. The molecule has 0 amide bonds. The zero-order valence-corrected chi connectivity index (χ0v) is 7.84. The molecule has 78 valence electrons. The van der Waals surface area contributed by atoms with Gasteiger partial charge in [-0.15, -0.1) is 0 Å². The Bertz CT molecular complexity index is 281. The Morgan fingerprint density at radius 3 is 2.29 bits per heavy atom. The first-order chi connectivity index (χ1) is 6.50. The molecule has 0 bridgehead atoms. The van der Waals surface area contributed by atoms with E-state index >= 15 is 0 Å². The minimum absolute atomic E-state index is 0.382. The molecule has 0 N–H and O–H groups in total. The van der Waals surface area contributed by atoms with Crippen molar-refractivity contribution in [1.82, 2.24) is 0 Å². The molecule has 1 aliphatic rings. The summed E-state index contributed by atoms with van der Waals surface area (Å²) in [5.41, 5.74) is -1.09. The largest absolute Gasteiger partial charge is 0.392 e. The second-order valence-corrected chi connectivity index (χ2v) is 3.55. The van der Waals surface area contributed by atoms with E-state index in [9.17, 15) is 18.8 Å². The van der Waals surface area contributed by atoms with E-state index in [4.69, 9.17) is 0 Å². The summed E-state index contributed by atoms with van der Waals surface area (Å²) in [4.78, 5) is 32.5. The van der Waals surface area contributed by atoms with Gasteiger partial charge in [0, 0.05) is 0 Å². The van der Waals surface area contributed by atoms with Crippen molar-refractivity contribution >= 4 is 17.7 Å². The first-order valence-electron chi connectivity index (χ1n) is 4.31. The molecule has 14 heavy (non-hydrogen) atoms. The average molecular weight is 202 g/mol. The molecule has 1 saturated carbocycles. The molecular formula is C9H11FO4. The molecule has 0 aromatic rings. The van der Waals surface area contributed by atoms with Gasteiger partial charge in [0.1, 0.15) is 18.9 Å². The second kappa shape index (κ2) is 3.86. The molecule has 0 atom stereocenters. The molecule has 0 aliphatic heterocycles. The van der Waals surface area contributed by atoms with Crippen molar-refractivity contribution in [3.05, 3.63) is 0 Å². The van der Waals surface area contributed by atoms with Crippen LogP contribution in [0.4, 0.5) is 4.39 Å². The Labute approximate surface area is 80.4 Å². The van der Waals surface area contributed by atoms with Crippen LogP contribution in [0, 0.1) is 5.41 Å². The first-order valence-corrected chi connectivity index (χ1v) is 4.31. The lowest BCUT2D eigenvalue weighted by atomic mass is 10.1. The molecular weight excluding hydrogens is 191 g/mol. The smallest absolute Gasteiger partial charge is 0.322 e. The topological polar surface area (TPSA) is 60.4 Å². The van der Waals surface area contributed by atoms with Crippen LogP contribution in [0.25, 0.3) is 0 Å². The van der Waals surface area contributed by atoms with E-state index in [2.05, 4.69) is 4.74 Å². The predicted octanol–water partition coefficient (Wildman–Crippen LogP) is 0.785. The molecule has 0 radical (unpaired) electrons. The van der Waals surface area contributed by atoms with Gasteiger partial charge in [0.25, 0.3) is 0 Å². The molecule has 4 nitrogen and oxygen atoms in total. The van der Waals surface area contributed by atoms with Gasteiger partial charge in [-0.25, -0.2) is 4.39 Å². The van der Waals surface area contributed by atoms with E-state index in [-0.39, 0.29) is 5.78 Å². The van der Waals surface area contributed by atoms with Crippen LogP contribution in [0.5, 0.6) is 0 Å². The van der Waals surface area contributed by atoms with Gasteiger partial charge in [-0.2, -0.15) is 0 Å². The molecule has 0 heterocycles. The normalized spacial score (nSPS) is 17.3. The highest BCUT2D eigenvalue weighted by atomic mass is 19.1. The van der Waals surface area contributed by atoms with Gasteiger partial charge in [0.2, 0.25) is 0 Å². The van der Waals surface area contributed by atoms with Crippen molar-refractivity contribution in [2.24, 2.45) is 5.41 Å². The van der Waals surface area contributed by atoms with Crippen LogP contribution in [0.2, 0.25) is 0 Å². The summed E-state index contributed by atoms with van der Waals surface area (Å²) in [7, 11) is 0. The van der Waals surface area contributed by atoms with E-state index < -0.39 is 30.4 Å². The van der Waals surface area contributed by atoms with E-state index in [0.717, 1.165) is 0 Å². The Morgan fingerprint density at radius 1 is 1.36 bits per heavy atom. The van der Waals surface area contributed by atoms with Crippen LogP contribution in [0.1, 0.15) is 26.2 Å². The molecule has 0 aromatic heterocycles. The predicted molar refractivity (Wildman–Crippen MR) is 44.0 cm³/mol. The Hall–Kier alpha value is -1.26. The van der Waals surface area contributed by atoms with Crippen LogP contribution in [-0.4, -0.2) is 24.4 Å². The van der Waals surface area contributed by atoms with Crippen LogP contribution < -0.4 is 0 Å². The molecule has 5 heteroatoms. The van der Waals surface area contributed by atoms with Crippen molar-refractivity contribution < 1.29 is 23.5 Å². The monoisotopic (exact) mass is 202 g/mol. The van der Waals surface area contributed by atoms with Crippen LogP contribution in [0.3, 0.4) is 0 Å². The fourth-order valence-electron chi connectivity index (χ4n) is 0.994. The first kappa shape index (κ1) is 10.8. The number of halogens is 1. The van der Waals surface area contributed by atoms with Crippen LogP contribution in [0.15, 0.2) is 0 Å². The van der Waals surface area contributed by atoms with Crippen molar-refractivity contribution in [1.29, 1.82) is 0 Å². The SMILES string of the molecule is CC(=O)CC(=O)OC(=O)C1(CF)CC1. The fourth-order valence-corrected chi connectivity index (χ4v) is 0.994. The van der Waals surface area contributed by atoms with Gasteiger partial charge in [-0.05, 0) is 19.8 Å². The summed E-state index contributed by atoms with van der Waals surface area (Å²) in [6.07, 6.45) is 0.388. The molecule has 0 saturated heterocycles. The highest BCUT2D eigenvalue weighted by Gasteiger charge is 2.52. The lowest BCUT2D eigenvalue weighted by molar-refractivity contribution is -0.164. The molecule has 1 rings (SSSR count). The number of Topliss-reactive ketones (excluding diaryl/α,β-unsaturated/α-hetero) is 1. The number of alkyl halides is 1. The Kier molecular flexibility index (Phi) is 2.98. The number of ketones is 1. The lowest BCUT2D eigenvalue weighted by Crippen LogP contribution is -2.24. The Balaban J connectivity index is 2.41. The number of carbonyl (C=O) groups excluding carboxylic acids is 3. The van der Waals surface area contributed by atoms with E-state index in [1.165, 1.54) is 6.92 Å². The van der Waals surface area contributed by atoms with Gasteiger partial charge in [0.05, 0.1) is 5.41 Å². The highest BCUT2D eigenvalue weighted by Crippen LogP contribution is 2.47. The second-order valence-electron chi connectivity index (χ2n) is 3.55. The zero-order chi connectivity index (χ0) is 10.8. The minimum atomic E-state index is -1.09. The number of ether oxygens (including phenoxy) is 1. The summed E-state index contributed by atoms with van der Waals surface area (Å²) in [6.45, 7) is 0.410. The standard InChI is InChI=1S/C9H11FO4/c1-6(11)4-7(12)14-8(13)9(5-10)2-3-9/h2-5H2,1H3. The minimum Gasteiger partial charge on any atom is -0.392 e. The molecule has 0 spiro atoms. The number of hydrogen-bond acceptors (Lipinski definition) is 4. The fraction of sp³-hybridized carbons (Fsp3) is 0.667. The van der Waals surface area contributed by atoms with E-state index in [0.29, 0.717) is 12.8 Å². The maximum absolute atomic E-state index is 12.3. The summed E-state index contributed by atoms with van der Waals surface area (Å²) in [5.74, 6) is -2.12. The third kappa shape index (κ3) is 2.37. The summed E-state index contributed by atoms with van der Waals surface area (Å²) < 4.78 is 16.7. The van der Waals surface area contributed by atoms with Crippen LogP contribution in [-0.2, 0) is 19.1 Å². The third-order valence-electron chi connectivity index (χ3n) is 2.14. The van der Waals surface area contributed by atoms with Crippen LogP contribution >= 0.6 is 0 Å². The van der Waals surface area contributed by atoms with E-state index in [1.54, 1.807) is 0 Å². The summed E-state index contributed by atoms with van der Waals surface area (Å²) >= 11 is 0. The number of rotatable bonds is 4. The summed E-state index contributed by atoms with van der Waals surface area (Å²) in [6, 6.07) is 0. The maximum Gasteiger partial charge on any atom is 0.322 e. The van der Waals surface area contributed by atoms with Crippen molar-refractivity contribution in [3.8, 4) is 0 Å². The van der Waals surface area contributed by atoms with Gasteiger partial charge in [0.15, 0.2) is 0 Å². The van der Waals surface area contributed by atoms with Crippen molar-refractivity contribution in [3.63, 3.8) is 0 Å². The summed E-state index contributed by atoms with van der Waals surface area (Å²) in [5, 5.41) is 0. The van der Waals surface area contributed by atoms with Gasteiger partial charge < -0.3 is 4.74 Å². The maximum atomic E-state index is 12.3. The number of carbonyl (C=O) groups is 3. The lowest BCUT2D eigenvalue weighted by Gasteiger charge is -2.07. The molecule has 1 aliphatic carbocycles. The van der Waals surface area contributed by atoms with Crippen molar-refractivity contribution in [2.45, 2.75) is 26.2 Å². The molecule has 0 aromatic carbocycles.